The molecule has 2 fully saturated rings. The lowest BCUT2D eigenvalue weighted by Gasteiger charge is -2.39. The quantitative estimate of drug-likeness (QED) is 0.845. The van der Waals surface area contributed by atoms with Crippen LogP contribution in [0.4, 0.5) is 13.2 Å². The van der Waals surface area contributed by atoms with Gasteiger partial charge < -0.3 is 0 Å². The van der Waals surface area contributed by atoms with Crippen molar-refractivity contribution in [2.75, 3.05) is 0 Å². The van der Waals surface area contributed by atoms with Gasteiger partial charge in [0.05, 0.1) is 17.6 Å². The highest BCUT2D eigenvalue weighted by Gasteiger charge is 2.61. The van der Waals surface area contributed by atoms with Crippen LogP contribution in [0, 0.1) is 11.7 Å². The first-order chi connectivity index (χ1) is 8.95. The Balaban J connectivity index is 2.07. The molecule has 3 atom stereocenters. The minimum atomic E-state index is -2.84. The van der Waals surface area contributed by atoms with E-state index in [2.05, 4.69) is 5.48 Å². The summed E-state index contributed by atoms with van der Waals surface area (Å²) < 4.78 is 42.4. The molecule has 1 saturated carbocycles. The minimum Gasteiger partial charge on any atom is -0.297 e. The summed E-state index contributed by atoms with van der Waals surface area (Å²) in [6.45, 7) is 1.59. The SMILES string of the molecule is C[C@]1(c2ccccc2F)NO[C@@H]2CCCC(F)(F)[C@@H]21. The number of hydroxylamine groups is 1. The van der Waals surface area contributed by atoms with Gasteiger partial charge in [-0.15, -0.1) is 0 Å². The highest BCUT2D eigenvalue weighted by Crippen LogP contribution is 2.52. The van der Waals surface area contributed by atoms with Crippen molar-refractivity contribution in [3.8, 4) is 0 Å². The molecule has 3 rings (SSSR count). The van der Waals surface area contributed by atoms with E-state index in [0.29, 0.717) is 12.8 Å². The number of fused-ring (bicyclic) bond motifs is 1. The van der Waals surface area contributed by atoms with Crippen molar-refractivity contribution in [2.24, 2.45) is 5.92 Å². The zero-order valence-electron chi connectivity index (χ0n) is 10.6. The molecule has 104 valence electrons. The molecule has 0 aromatic heterocycles. The van der Waals surface area contributed by atoms with Crippen LogP contribution < -0.4 is 5.48 Å². The second-order valence-electron chi connectivity index (χ2n) is 5.57. The Hall–Kier alpha value is -1.07. The Morgan fingerprint density at radius 2 is 2.05 bits per heavy atom. The van der Waals surface area contributed by atoms with Crippen LogP contribution in [-0.4, -0.2) is 12.0 Å². The minimum absolute atomic E-state index is 0.163. The fourth-order valence-electron chi connectivity index (χ4n) is 3.42. The molecule has 1 heterocycles. The van der Waals surface area contributed by atoms with Crippen LogP contribution in [0.2, 0.25) is 0 Å². The molecule has 1 aliphatic heterocycles. The summed E-state index contributed by atoms with van der Waals surface area (Å²) in [6, 6.07) is 6.03. The second-order valence-corrected chi connectivity index (χ2v) is 5.57. The summed E-state index contributed by atoms with van der Waals surface area (Å²) in [4.78, 5) is 5.32. The highest BCUT2D eigenvalue weighted by molar-refractivity contribution is 5.29. The van der Waals surface area contributed by atoms with Crippen LogP contribution >= 0.6 is 0 Å². The molecule has 1 saturated heterocycles. The monoisotopic (exact) mass is 271 g/mol. The van der Waals surface area contributed by atoms with Gasteiger partial charge in [-0.2, -0.15) is 5.48 Å². The van der Waals surface area contributed by atoms with Crippen molar-refractivity contribution < 1.29 is 18.0 Å². The molecule has 0 amide bonds. The molecule has 0 bridgehead atoms. The third kappa shape index (κ3) is 1.87. The van der Waals surface area contributed by atoms with Crippen molar-refractivity contribution in [3.63, 3.8) is 0 Å². The zero-order valence-corrected chi connectivity index (χ0v) is 10.6. The van der Waals surface area contributed by atoms with Crippen molar-refractivity contribution >= 4 is 0 Å². The summed E-state index contributed by atoms with van der Waals surface area (Å²) in [5, 5.41) is 0. The molecule has 1 aliphatic carbocycles. The van der Waals surface area contributed by atoms with Gasteiger partial charge in [0.2, 0.25) is 0 Å². The standard InChI is InChI=1S/C14H16F3NO/c1-13(9-5-2-3-6-10(9)15)12-11(19-18-13)7-4-8-14(12,16)17/h2-3,5-6,11-12,18H,4,7-8H2,1H3/t11-,12+,13-/m1/s1. The maximum absolute atomic E-state index is 14.2. The number of nitrogens with one attached hydrogen (secondary N) is 1. The average molecular weight is 271 g/mol. The first-order valence-electron chi connectivity index (χ1n) is 6.51. The fourth-order valence-corrected chi connectivity index (χ4v) is 3.42. The number of halogens is 3. The molecule has 2 nitrogen and oxygen atoms in total. The normalized spacial score (nSPS) is 37.1. The van der Waals surface area contributed by atoms with Crippen LogP contribution in [0.15, 0.2) is 24.3 Å². The van der Waals surface area contributed by atoms with Gasteiger partial charge in [-0.05, 0) is 25.8 Å². The van der Waals surface area contributed by atoms with E-state index in [1.54, 1.807) is 25.1 Å². The predicted molar refractivity (Wildman–Crippen MR) is 64.0 cm³/mol. The van der Waals surface area contributed by atoms with E-state index in [1.165, 1.54) is 6.07 Å². The van der Waals surface area contributed by atoms with Gasteiger partial charge in [-0.1, -0.05) is 18.2 Å². The molecule has 5 heteroatoms. The van der Waals surface area contributed by atoms with Gasteiger partial charge in [0.25, 0.3) is 5.92 Å². The third-order valence-electron chi connectivity index (χ3n) is 4.30. The summed E-state index contributed by atoms with van der Waals surface area (Å²) >= 11 is 0. The van der Waals surface area contributed by atoms with Crippen LogP contribution in [0.25, 0.3) is 0 Å². The molecule has 0 radical (unpaired) electrons. The van der Waals surface area contributed by atoms with Crippen molar-refractivity contribution in [1.82, 2.24) is 5.48 Å². The number of alkyl halides is 2. The van der Waals surface area contributed by atoms with Gasteiger partial charge in [-0.25, -0.2) is 13.2 Å². The lowest BCUT2D eigenvalue weighted by molar-refractivity contribution is -0.125. The lowest BCUT2D eigenvalue weighted by Crippen LogP contribution is -2.50. The predicted octanol–water partition coefficient (Wildman–Crippen LogP) is 3.38. The van der Waals surface area contributed by atoms with Gasteiger partial charge in [0.15, 0.2) is 0 Å². The smallest absolute Gasteiger partial charge is 0.255 e. The molecular weight excluding hydrogens is 255 g/mol. The zero-order chi connectivity index (χ0) is 13.7. The van der Waals surface area contributed by atoms with Crippen LogP contribution in [-0.2, 0) is 10.4 Å². The Morgan fingerprint density at radius 3 is 2.79 bits per heavy atom. The first-order valence-corrected chi connectivity index (χ1v) is 6.51. The molecule has 1 N–H and O–H groups in total. The molecule has 0 spiro atoms. The summed E-state index contributed by atoms with van der Waals surface area (Å²) in [7, 11) is 0. The lowest BCUT2D eigenvalue weighted by atomic mass is 9.70. The van der Waals surface area contributed by atoms with E-state index in [-0.39, 0.29) is 12.0 Å². The van der Waals surface area contributed by atoms with Gasteiger partial charge >= 0.3 is 0 Å². The van der Waals surface area contributed by atoms with Crippen LogP contribution in [0.1, 0.15) is 31.7 Å². The molecule has 2 aliphatic rings. The number of hydrogen-bond donors (Lipinski definition) is 1. The maximum atomic E-state index is 14.2. The van der Waals surface area contributed by atoms with Crippen LogP contribution in [0.5, 0.6) is 0 Å². The van der Waals surface area contributed by atoms with Gasteiger partial charge in [0, 0.05) is 12.0 Å². The van der Waals surface area contributed by atoms with E-state index in [4.69, 9.17) is 4.84 Å². The molecule has 1 aromatic carbocycles. The summed E-state index contributed by atoms with van der Waals surface area (Å²) in [6.07, 6.45) is 0.289. The van der Waals surface area contributed by atoms with Crippen molar-refractivity contribution in [3.05, 3.63) is 35.6 Å². The van der Waals surface area contributed by atoms with Gasteiger partial charge in [0.1, 0.15) is 5.82 Å². The molecular formula is C14H16F3NO. The Bertz CT molecular complexity index is 493. The molecule has 0 unspecified atom stereocenters. The summed E-state index contributed by atoms with van der Waals surface area (Å²) in [5.74, 6) is -4.36. The van der Waals surface area contributed by atoms with Crippen molar-refractivity contribution in [1.29, 1.82) is 0 Å². The Morgan fingerprint density at radius 1 is 1.32 bits per heavy atom. The van der Waals surface area contributed by atoms with E-state index >= 15 is 0 Å². The summed E-state index contributed by atoms with van der Waals surface area (Å²) in [5.41, 5.74) is 1.71. The third-order valence-corrected chi connectivity index (χ3v) is 4.30. The average Bonchev–Trinajstić information content (AvgIpc) is 2.69. The molecule has 1 aromatic rings. The van der Waals surface area contributed by atoms with E-state index in [0.717, 1.165) is 0 Å². The topological polar surface area (TPSA) is 21.3 Å². The van der Waals surface area contributed by atoms with E-state index in [9.17, 15) is 13.2 Å². The Labute approximate surface area is 109 Å². The number of benzene rings is 1. The van der Waals surface area contributed by atoms with Crippen molar-refractivity contribution in [2.45, 2.75) is 43.8 Å². The van der Waals surface area contributed by atoms with E-state index in [1.807, 2.05) is 0 Å². The fraction of sp³-hybridized carbons (Fsp3) is 0.571. The Kier molecular flexibility index (Phi) is 2.87. The highest BCUT2D eigenvalue weighted by atomic mass is 19.3. The maximum Gasteiger partial charge on any atom is 0.255 e. The number of hydrogen-bond acceptors (Lipinski definition) is 2. The van der Waals surface area contributed by atoms with Gasteiger partial charge in [-0.3, -0.25) is 4.84 Å². The van der Waals surface area contributed by atoms with Crippen LogP contribution in [0.3, 0.4) is 0 Å². The second kappa shape index (κ2) is 4.21. The molecule has 19 heavy (non-hydrogen) atoms. The number of rotatable bonds is 1. The van der Waals surface area contributed by atoms with E-state index < -0.39 is 29.3 Å². The largest absolute Gasteiger partial charge is 0.297 e. The first kappa shape index (κ1) is 12.9.